The van der Waals surface area contributed by atoms with Crippen molar-refractivity contribution in [3.05, 3.63) is 73.8 Å². The van der Waals surface area contributed by atoms with E-state index >= 15 is 0 Å². The van der Waals surface area contributed by atoms with Gasteiger partial charge in [-0.25, -0.2) is 0 Å². The lowest BCUT2D eigenvalue weighted by atomic mass is 10.1. The molecule has 0 atom stereocenters. The SMILES string of the molecule is Cc1ccc(C(=O)COc2cccc([N+](=O)[O-])c2)cc1[N+](=O)[O-]. The third kappa shape index (κ3) is 3.88. The Labute approximate surface area is 130 Å². The van der Waals surface area contributed by atoms with Gasteiger partial charge in [0.25, 0.3) is 11.4 Å². The van der Waals surface area contributed by atoms with Crippen LogP contribution >= 0.6 is 0 Å². The summed E-state index contributed by atoms with van der Waals surface area (Å²) in [7, 11) is 0. The second-order valence-electron chi connectivity index (χ2n) is 4.72. The van der Waals surface area contributed by atoms with Crippen molar-refractivity contribution in [2.75, 3.05) is 6.61 Å². The molecule has 0 aliphatic carbocycles. The standard InChI is InChI=1S/C15H12N2O6/c1-10-5-6-11(7-14(10)17(21)22)15(18)9-23-13-4-2-3-12(8-13)16(19)20/h2-8H,9H2,1H3. The van der Waals surface area contributed by atoms with Crippen LogP contribution in [0.1, 0.15) is 15.9 Å². The molecule has 0 fully saturated rings. The summed E-state index contributed by atoms with van der Waals surface area (Å²) in [5.41, 5.74) is 0.297. The summed E-state index contributed by atoms with van der Waals surface area (Å²) >= 11 is 0. The maximum absolute atomic E-state index is 12.0. The highest BCUT2D eigenvalue weighted by molar-refractivity contribution is 5.97. The van der Waals surface area contributed by atoms with Crippen molar-refractivity contribution in [3.63, 3.8) is 0 Å². The number of ketones is 1. The smallest absolute Gasteiger partial charge is 0.273 e. The monoisotopic (exact) mass is 316 g/mol. The summed E-state index contributed by atoms with van der Waals surface area (Å²) in [6.07, 6.45) is 0. The summed E-state index contributed by atoms with van der Waals surface area (Å²) in [6.45, 7) is 1.20. The lowest BCUT2D eigenvalue weighted by Crippen LogP contribution is -2.12. The van der Waals surface area contributed by atoms with Gasteiger partial charge < -0.3 is 4.74 Å². The zero-order chi connectivity index (χ0) is 17.0. The molecule has 0 saturated heterocycles. The molecule has 0 aliphatic rings. The number of aryl methyl sites for hydroxylation is 1. The molecule has 0 bridgehead atoms. The van der Waals surface area contributed by atoms with Crippen LogP contribution in [0.3, 0.4) is 0 Å². The van der Waals surface area contributed by atoms with Gasteiger partial charge in [0.05, 0.1) is 15.9 Å². The Morgan fingerprint density at radius 3 is 2.48 bits per heavy atom. The average molecular weight is 316 g/mol. The first kappa shape index (κ1) is 16.1. The fraction of sp³-hybridized carbons (Fsp3) is 0.133. The van der Waals surface area contributed by atoms with Crippen LogP contribution in [-0.2, 0) is 0 Å². The topological polar surface area (TPSA) is 113 Å². The normalized spacial score (nSPS) is 10.1. The van der Waals surface area contributed by atoms with Crippen molar-refractivity contribution in [2.24, 2.45) is 0 Å². The number of hydrogen-bond donors (Lipinski definition) is 0. The molecule has 23 heavy (non-hydrogen) atoms. The third-order valence-electron chi connectivity index (χ3n) is 3.13. The molecule has 0 radical (unpaired) electrons. The van der Waals surface area contributed by atoms with Crippen LogP contribution in [0.15, 0.2) is 42.5 Å². The van der Waals surface area contributed by atoms with Gasteiger partial charge in [0.15, 0.2) is 12.4 Å². The van der Waals surface area contributed by atoms with E-state index < -0.39 is 15.6 Å². The Kier molecular flexibility index (Phi) is 4.65. The van der Waals surface area contributed by atoms with E-state index in [1.54, 1.807) is 6.92 Å². The van der Waals surface area contributed by atoms with E-state index in [1.807, 2.05) is 0 Å². The number of carbonyl (C=O) groups is 1. The largest absolute Gasteiger partial charge is 0.485 e. The highest BCUT2D eigenvalue weighted by Crippen LogP contribution is 2.21. The van der Waals surface area contributed by atoms with Crippen molar-refractivity contribution < 1.29 is 19.4 Å². The van der Waals surface area contributed by atoms with Crippen LogP contribution in [0.4, 0.5) is 11.4 Å². The van der Waals surface area contributed by atoms with Crippen molar-refractivity contribution in [1.82, 2.24) is 0 Å². The van der Waals surface area contributed by atoms with Gasteiger partial charge in [-0.05, 0) is 13.0 Å². The van der Waals surface area contributed by atoms with Crippen LogP contribution in [0, 0.1) is 27.2 Å². The fourth-order valence-electron chi connectivity index (χ4n) is 1.90. The Bertz CT molecular complexity index is 787. The molecule has 0 N–H and O–H groups in total. The molecule has 0 amide bonds. The number of hydrogen-bond acceptors (Lipinski definition) is 6. The number of nitro groups is 2. The van der Waals surface area contributed by atoms with E-state index in [4.69, 9.17) is 4.74 Å². The van der Waals surface area contributed by atoms with Crippen molar-refractivity contribution in [1.29, 1.82) is 0 Å². The van der Waals surface area contributed by atoms with Gasteiger partial charge in [-0.1, -0.05) is 18.2 Å². The lowest BCUT2D eigenvalue weighted by molar-refractivity contribution is -0.385. The van der Waals surface area contributed by atoms with E-state index in [0.717, 1.165) is 0 Å². The first-order chi connectivity index (χ1) is 10.9. The van der Waals surface area contributed by atoms with Crippen molar-refractivity contribution in [3.8, 4) is 5.75 Å². The second-order valence-corrected chi connectivity index (χ2v) is 4.72. The van der Waals surface area contributed by atoms with Gasteiger partial charge in [0.2, 0.25) is 0 Å². The Morgan fingerprint density at radius 2 is 1.83 bits per heavy atom. The Morgan fingerprint density at radius 1 is 1.09 bits per heavy atom. The highest BCUT2D eigenvalue weighted by atomic mass is 16.6. The molecule has 0 aliphatic heterocycles. The highest BCUT2D eigenvalue weighted by Gasteiger charge is 2.16. The zero-order valence-electron chi connectivity index (χ0n) is 12.1. The van der Waals surface area contributed by atoms with Gasteiger partial charge in [0, 0.05) is 23.3 Å². The zero-order valence-corrected chi connectivity index (χ0v) is 12.1. The fourth-order valence-corrected chi connectivity index (χ4v) is 1.90. The van der Waals surface area contributed by atoms with Crippen LogP contribution in [0.25, 0.3) is 0 Å². The summed E-state index contributed by atoms with van der Waals surface area (Å²) in [5, 5.41) is 21.5. The molecule has 2 aromatic carbocycles. The van der Waals surface area contributed by atoms with E-state index in [1.165, 1.54) is 42.5 Å². The second kappa shape index (κ2) is 6.65. The molecule has 0 aromatic heterocycles. The number of rotatable bonds is 6. The quantitative estimate of drug-likeness (QED) is 0.460. The number of carbonyl (C=O) groups excluding carboxylic acids is 1. The molecular formula is C15H12N2O6. The van der Waals surface area contributed by atoms with E-state index in [-0.39, 0.29) is 29.3 Å². The minimum Gasteiger partial charge on any atom is -0.485 e. The minimum absolute atomic E-state index is 0.146. The number of nitrogens with zero attached hydrogens (tertiary/aromatic N) is 2. The average Bonchev–Trinajstić information content (AvgIpc) is 2.53. The molecule has 8 heteroatoms. The first-order valence-corrected chi connectivity index (χ1v) is 6.54. The third-order valence-corrected chi connectivity index (χ3v) is 3.13. The molecule has 0 heterocycles. The lowest BCUT2D eigenvalue weighted by Gasteiger charge is -2.06. The van der Waals surface area contributed by atoms with Gasteiger partial charge in [0.1, 0.15) is 5.75 Å². The Hall–Kier alpha value is -3.29. The van der Waals surface area contributed by atoms with Crippen LogP contribution < -0.4 is 4.74 Å². The first-order valence-electron chi connectivity index (χ1n) is 6.54. The van der Waals surface area contributed by atoms with E-state index in [0.29, 0.717) is 5.56 Å². The number of ether oxygens (including phenoxy) is 1. The van der Waals surface area contributed by atoms with Gasteiger partial charge in [-0.2, -0.15) is 0 Å². The molecule has 0 spiro atoms. The molecule has 0 unspecified atom stereocenters. The predicted octanol–water partition coefficient (Wildman–Crippen LogP) is 3.07. The van der Waals surface area contributed by atoms with Crippen molar-refractivity contribution in [2.45, 2.75) is 6.92 Å². The molecule has 8 nitrogen and oxygen atoms in total. The number of non-ortho nitro benzene ring substituents is 1. The summed E-state index contributed by atoms with van der Waals surface area (Å²) in [5.74, 6) is -0.284. The summed E-state index contributed by atoms with van der Waals surface area (Å²) < 4.78 is 5.22. The van der Waals surface area contributed by atoms with E-state index in [2.05, 4.69) is 0 Å². The molecule has 2 aromatic rings. The maximum atomic E-state index is 12.0. The molecule has 118 valence electrons. The summed E-state index contributed by atoms with van der Waals surface area (Å²) in [6, 6.07) is 9.57. The van der Waals surface area contributed by atoms with Crippen LogP contribution in [0.5, 0.6) is 5.75 Å². The summed E-state index contributed by atoms with van der Waals surface area (Å²) in [4.78, 5) is 32.4. The van der Waals surface area contributed by atoms with Gasteiger partial charge in [-0.3, -0.25) is 25.0 Å². The van der Waals surface area contributed by atoms with Gasteiger partial charge in [-0.15, -0.1) is 0 Å². The molecule has 0 saturated carbocycles. The van der Waals surface area contributed by atoms with E-state index in [9.17, 15) is 25.0 Å². The van der Waals surface area contributed by atoms with Crippen molar-refractivity contribution >= 4 is 17.2 Å². The number of nitro benzene ring substituents is 2. The number of Topliss-reactive ketones (excluding diaryl/α,β-unsaturated/α-hetero) is 1. The molecule has 2 rings (SSSR count). The minimum atomic E-state index is -0.571. The van der Waals surface area contributed by atoms with Gasteiger partial charge >= 0.3 is 0 Å². The van der Waals surface area contributed by atoms with Crippen LogP contribution in [0.2, 0.25) is 0 Å². The predicted molar refractivity (Wildman–Crippen MR) is 80.8 cm³/mol. The maximum Gasteiger partial charge on any atom is 0.273 e. The molecular weight excluding hydrogens is 304 g/mol. The van der Waals surface area contributed by atoms with Crippen LogP contribution in [-0.4, -0.2) is 22.2 Å². The number of benzene rings is 2. The Balaban J connectivity index is 2.11.